The molecule has 1 N–H and O–H groups in total. The topological polar surface area (TPSA) is 80.0 Å². The van der Waals surface area contributed by atoms with Gasteiger partial charge in [0.25, 0.3) is 5.91 Å². The van der Waals surface area contributed by atoms with E-state index in [0.29, 0.717) is 22.6 Å². The molecule has 0 aliphatic carbocycles. The van der Waals surface area contributed by atoms with Crippen LogP contribution in [-0.4, -0.2) is 23.9 Å². The summed E-state index contributed by atoms with van der Waals surface area (Å²) in [6, 6.07) is 22.7. The number of anilines is 1. The number of fused-ring (bicyclic) bond motifs is 1. The molecule has 6 heteroatoms. The van der Waals surface area contributed by atoms with Gasteiger partial charge in [-0.05, 0) is 42.3 Å². The van der Waals surface area contributed by atoms with Gasteiger partial charge in [-0.2, -0.15) is 0 Å². The molecule has 0 spiro atoms. The maximum absolute atomic E-state index is 13.7. The van der Waals surface area contributed by atoms with Crippen LogP contribution >= 0.6 is 0 Å². The molecule has 0 saturated carbocycles. The number of rotatable bonds is 6. The molecule has 6 nitrogen and oxygen atoms in total. The monoisotopic (exact) mass is 453 g/mol. The van der Waals surface area contributed by atoms with E-state index in [2.05, 4.69) is 0 Å². The van der Waals surface area contributed by atoms with E-state index in [0.717, 1.165) is 17.4 Å². The molecule has 170 valence electrons. The largest absolute Gasteiger partial charge is 0.503 e. The molecule has 4 aromatic rings. The Balaban J connectivity index is 1.68. The normalized spacial score (nSPS) is 15.9. The van der Waals surface area contributed by atoms with Gasteiger partial charge in [0, 0.05) is 16.6 Å². The van der Waals surface area contributed by atoms with E-state index in [-0.39, 0.29) is 11.3 Å². The quantitative estimate of drug-likeness (QED) is 0.374. The number of aliphatic hydroxyl groups excluding tert-OH is 1. The van der Waals surface area contributed by atoms with Gasteiger partial charge in [-0.1, -0.05) is 55.5 Å². The van der Waals surface area contributed by atoms with Gasteiger partial charge >= 0.3 is 0 Å². The average Bonchev–Trinajstić information content (AvgIpc) is 3.43. The maximum Gasteiger partial charge on any atom is 0.294 e. The number of para-hydroxylation sites is 2. The zero-order chi connectivity index (χ0) is 23.8. The molecule has 1 aromatic heterocycles. The van der Waals surface area contributed by atoms with Crippen molar-refractivity contribution in [2.45, 2.75) is 19.4 Å². The molecular formula is C28H23NO5. The first-order valence-electron chi connectivity index (χ1n) is 11.0. The lowest BCUT2D eigenvalue weighted by Gasteiger charge is -2.28. The zero-order valence-electron chi connectivity index (χ0n) is 18.8. The van der Waals surface area contributed by atoms with E-state index in [4.69, 9.17) is 9.15 Å². The summed E-state index contributed by atoms with van der Waals surface area (Å²) in [4.78, 5) is 28.5. The first kappa shape index (κ1) is 21.5. The highest BCUT2D eigenvalue weighted by Crippen LogP contribution is 2.45. The van der Waals surface area contributed by atoms with Crippen molar-refractivity contribution in [3.63, 3.8) is 0 Å². The van der Waals surface area contributed by atoms with Crippen molar-refractivity contribution in [3.05, 3.63) is 107 Å². The van der Waals surface area contributed by atoms with Crippen molar-refractivity contribution in [1.82, 2.24) is 0 Å². The molecule has 1 aliphatic heterocycles. The van der Waals surface area contributed by atoms with E-state index >= 15 is 0 Å². The summed E-state index contributed by atoms with van der Waals surface area (Å²) in [5.41, 5.74) is 2.77. The van der Waals surface area contributed by atoms with Gasteiger partial charge in [-0.15, -0.1) is 0 Å². The summed E-state index contributed by atoms with van der Waals surface area (Å²) >= 11 is 0. The molecule has 1 unspecified atom stereocenters. The van der Waals surface area contributed by atoms with E-state index in [1.807, 2.05) is 55.5 Å². The molecule has 0 fully saturated rings. The number of carbonyl (C=O) groups excluding carboxylic acids is 2. The summed E-state index contributed by atoms with van der Waals surface area (Å²) in [5.74, 6) is -1.25. The Hall–Kier alpha value is -4.32. The molecule has 0 saturated heterocycles. The molecule has 34 heavy (non-hydrogen) atoms. The first-order chi connectivity index (χ1) is 16.5. The lowest BCUT2D eigenvalue weighted by molar-refractivity contribution is -0.117. The van der Waals surface area contributed by atoms with Gasteiger partial charge < -0.3 is 14.3 Å². The van der Waals surface area contributed by atoms with E-state index in [9.17, 15) is 14.7 Å². The number of ether oxygens (including phenoxy) is 1. The lowest BCUT2D eigenvalue weighted by atomic mass is 9.94. The number of aliphatic hydroxyl groups is 1. The Bertz CT molecular complexity index is 1400. The minimum absolute atomic E-state index is 0.0480. The minimum atomic E-state index is -0.892. The van der Waals surface area contributed by atoms with Crippen LogP contribution in [0.5, 0.6) is 5.75 Å². The van der Waals surface area contributed by atoms with E-state index in [1.54, 1.807) is 30.3 Å². The zero-order valence-corrected chi connectivity index (χ0v) is 18.8. The highest BCUT2D eigenvalue weighted by molar-refractivity contribution is 6.20. The van der Waals surface area contributed by atoms with Crippen LogP contribution in [0, 0.1) is 0 Å². The van der Waals surface area contributed by atoms with Crippen molar-refractivity contribution in [2.24, 2.45) is 0 Å². The van der Waals surface area contributed by atoms with Crippen LogP contribution in [-0.2, 0) is 11.2 Å². The summed E-state index contributed by atoms with van der Waals surface area (Å²) in [5, 5.41) is 11.7. The molecule has 1 aliphatic rings. The fourth-order valence-electron chi connectivity index (χ4n) is 4.41. The smallest absolute Gasteiger partial charge is 0.294 e. The van der Waals surface area contributed by atoms with Crippen LogP contribution in [0.3, 0.4) is 0 Å². The van der Waals surface area contributed by atoms with E-state index < -0.39 is 23.5 Å². The fourth-order valence-corrected chi connectivity index (χ4v) is 4.41. The van der Waals surface area contributed by atoms with Crippen LogP contribution in [0.2, 0.25) is 0 Å². The van der Waals surface area contributed by atoms with Crippen LogP contribution < -0.4 is 9.64 Å². The molecule has 0 bridgehead atoms. The lowest BCUT2D eigenvalue weighted by Crippen LogP contribution is -2.31. The number of hydrogen-bond acceptors (Lipinski definition) is 5. The number of furan rings is 1. The van der Waals surface area contributed by atoms with Crippen LogP contribution in [0.4, 0.5) is 5.69 Å². The molecule has 2 heterocycles. The third-order valence-corrected chi connectivity index (χ3v) is 6.16. The Morgan fingerprint density at radius 2 is 1.74 bits per heavy atom. The van der Waals surface area contributed by atoms with Gasteiger partial charge in [0.15, 0.2) is 11.5 Å². The molecule has 0 radical (unpaired) electrons. The van der Waals surface area contributed by atoms with Crippen LogP contribution in [0.25, 0.3) is 11.0 Å². The second kappa shape index (κ2) is 8.56. The molecule has 1 amide bonds. The summed E-state index contributed by atoms with van der Waals surface area (Å²) in [6.45, 7) is 2.05. The van der Waals surface area contributed by atoms with Crippen molar-refractivity contribution < 1.29 is 23.8 Å². The van der Waals surface area contributed by atoms with Gasteiger partial charge in [0.05, 0.1) is 18.7 Å². The molecule has 1 atom stereocenters. The van der Waals surface area contributed by atoms with Gasteiger partial charge in [-0.3, -0.25) is 14.5 Å². The molecule has 5 rings (SSSR count). The first-order valence-corrected chi connectivity index (χ1v) is 11.0. The number of ketones is 1. The molecular weight excluding hydrogens is 430 g/mol. The second-order valence-electron chi connectivity index (χ2n) is 8.08. The molecule has 3 aromatic carbocycles. The third kappa shape index (κ3) is 3.44. The van der Waals surface area contributed by atoms with Crippen LogP contribution in [0.1, 0.15) is 34.6 Å². The Morgan fingerprint density at radius 3 is 2.44 bits per heavy atom. The van der Waals surface area contributed by atoms with Gasteiger partial charge in [-0.25, -0.2) is 0 Å². The summed E-state index contributed by atoms with van der Waals surface area (Å²) in [7, 11) is 1.53. The summed E-state index contributed by atoms with van der Waals surface area (Å²) in [6.07, 6.45) is 0.851. The van der Waals surface area contributed by atoms with Crippen molar-refractivity contribution in [1.29, 1.82) is 0 Å². The number of benzene rings is 3. The Kier molecular flexibility index (Phi) is 5.42. The number of methoxy groups -OCH3 is 1. The Morgan fingerprint density at radius 1 is 1.03 bits per heavy atom. The van der Waals surface area contributed by atoms with Gasteiger partial charge in [0.2, 0.25) is 5.78 Å². The highest BCUT2D eigenvalue weighted by atomic mass is 16.5. The van der Waals surface area contributed by atoms with E-state index in [1.165, 1.54) is 12.0 Å². The number of hydrogen-bond donors (Lipinski definition) is 1. The van der Waals surface area contributed by atoms with Crippen molar-refractivity contribution >= 4 is 28.3 Å². The number of nitrogens with zero attached hydrogens (tertiary/aromatic N) is 1. The van der Waals surface area contributed by atoms with Gasteiger partial charge in [0.1, 0.15) is 11.3 Å². The third-order valence-electron chi connectivity index (χ3n) is 6.16. The van der Waals surface area contributed by atoms with Crippen LogP contribution in [0.15, 0.2) is 94.6 Å². The maximum atomic E-state index is 13.7. The number of amides is 1. The van der Waals surface area contributed by atoms with Crippen molar-refractivity contribution in [2.75, 3.05) is 12.0 Å². The van der Waals surface area contributed by atoms with Crippen molar-refractivity contribution in [3.8, 4) is 5.75 Å². The second-order valence-corrected chi connectivity index (χ2v) is 8.08. The standard InChI is InChI=1S/C28H23NO5/c1-3-17-12-14-19(15-13-17)29-25(20-9-5-7-11-22(20)33-2)24(27(31)28(29)32)26(30)23-16-18-8-4-6-10-21(18)34-23/h4-16,25,31H,3H2,1-2H3. The average molecular weight is 453 g/mol. The Labute approximate surface area is 196 Å². The SMILES string of the molecule is CCc1ccc(N2C(=O)C(O)=C(C(=O)c3cc4ccccc4o3)C2c2ccccc2OC)cc1. The predicted octanol–water partition coefficient (Wildman–Crippen LogP) is 5.79. The fraction of sp³-hybridized carbons (Fsp3) is 0.143. The number of Topliss-reactive ketones (excluding diaryl/α,β-unsaturated/α-hetero) is 1. The number of aryl methyl sites for hydroxylation is 1. The highest BCUT2D eigenvalue weighted by Gasteiger charge is 2.46. The minimum Gasteiger partial charge on any atom is -0.503 e. The predicted molar refractivity (Wildman–Crippen MR) is 129 cm³/mol. The summed E-state index contributed by atoms with van der Waals surface area (Å²) < 4.78 is 11.3. The number of carbonyl (C=O) groups is 2.